The summed E-state index contributed by atoms with van der Waals surface area (Å²) in [4.78, 5) is 17.6. The predicted molar refractivity (Wildman–Crippen MR) is 102 cm³/mol. The van der Waals surface area contributed by atoms with Crippen LogP contribution in [0.1, 0.15) is 23.0 Å². The summed E-state index contributed by atoms with van der Waals surface area (Å²) >= 11 is 1.17. The average molecular weight is 353 g/mol. The zero-order valence-electron chi connectivity index (χ0n) is 13.9. The molecule has 5 nitrogen and oxygen atoms in total. The van der Waals surface area contributed by atoms with Crippen LogP contribution >= 0.6 is 11.3 Å². The Balaban J connectivity index is 1.88. The first-order valence-corrected chi connectivity index (χ1v) is 8.85. The number of nitrogens with two attached hydrogens (primary N) is 1. The van der Waals surface area contributed by atoms with Crippen LogP contribution in [0.5, 0.6) is 5.75 Å². The number of thiazole rings is 1. The molecule has 0 saturated carbocycles. The summed E-state index contributed by atoms with van der Waals surface area (Å²) in [6, 6.07) is 16.9. The molecule has 0 spiro atoms. The summed E-state index contributed by atoms with van der Waals surface area (Å²) in [5.41, 5.74) is 7.93. The number of aromatic nitrogens is 1. The van der Waals surface area contributed by atoms with Crippen molar-refractivity contribution in [1.29, 1.82) is 0 Å². The molecule has 1 amide bonds. The standard InChI is InChI=1S/C19H19N3O2S/c1-2-12-24-15-11-7-6-10-14(15)21-18(23)17-16(22-19(20)25-17)13-8-4-3-5-9-13/h3-11H,2,12H2,1H3,(H2,20,22)(H,21,23). The van der Waals surface area contributed by atoms with Gasteiger partial charge < -0.3 is 15.8 Å². The normalized spacial score (nSPS) is 10.4. The van der Waals surface area contributed by atoms with Gasteiger partial charge in [-0.05, 0) is 18.6 Å². The molecule has 0 radical (unpaired) electrons. The zero-order valence-corrected chi connectivity index (χ0v) is 14.7. The second-order valence-electron chi connectivity index (χ2n) is 5.39. The van der Waals surface area contributed by atoms with Crippen LogP contribution in [0.15, 0.2) is 54.6 Å². The highest BCUT2D eigenvalue weighted by atomic mass is 32.1. The first-order chi connectivity index (χ1) is 12.2. The second kappa shape index (κ2) is 7.81. The summed E-state index contributed by atoms with van der Waals surface area (Å²) in [7, 11) is 0. The molecule has 3 rings (SSSR count). The van der Waals surface area contributed by atoms with Crippen molar-refractivity contribution in [1.82, 2.24) is 4.98 Å². The number of hydrogen-bond acceptors (Lipinski definition) is 5. The fraction of sp³-hybridized carbons (Fsp3) is 0.158. The van der Waals surface area contributed by atoms with Gasteiger partial charge in [-0.25, -0.2) is 4.98 Å². The van der Waals surface area contributed by atoms with E-state index in [0.717, 1.165) is 12.0 Å². The minimum atomic E-state index is -0.249. The van der Waals surface area contributed by atoms with E-state index in [9.17, 15) is 4.79 Å². The SMILES string of the molecule is CCCOc1ccccc1NC(=O)c1sc(N)nc1-c1ccccc1. The number of carbonyl (C=O) groups excluding carboxylic acids is 1. The van der Waals surface area contributed by atoms with Gasteiger partial charge in [0.25, 0.3) is 5.91 Å². The Morgan fingerprint density at radius 1 is 1.16 bits per heavy atom. The number of para-hydroxylation sites is 2. The van der Waals surface area contributed by atoms with Crippen LogP contribution < -0.4 is 15.8 Å². The molecule has 1 aromatic heterocycles. The number of nitrogen functional groups attached to an aromatic ring is 1. The number of hydrogen-bond donors (Lipinski definition) is 2. The molecule has 0 aliphatic rings. The maximum absolute atomic E-state index is 12.8. The minimum absolute atomic E-state index is 0.249. The Hall–Kier alpha value is -2.86. The van der Waals surface area contributed by atoms with Crippen LogP contribution in [-0.2, 0) is 0 Å². The third-order valence-corrected chi connectivity index (χ3v) is 4.38. The number of carbonyl (C=O) groups is 1. The molecule has 6 heteroatoms. The molecular weight excluding hydrogens is 334 g/mol. The highest BCUT2D eigenvalue weighted by molar-refractivity contribution is 7.17. The fourth-order valence-electron chi connectivity index (χ4n) is 2.37. The van der Waals surface area contributed by atoms with Crippen LogP contribution in [0.25, 0.3) is 11.3 Å². The molecule has 0 aliphatic heterocycles. The van der Waals surface area contributed by atoms with E-state index < -0.39 is 0 Å². The highest BCUT2D eigenvalue weighted by Gasteiger charge is 2.19. The van der Waals surface area contributed by atoms with Gasteiger partial charge in [-0.1, -0.05) is 60.7 Å². The summed E-state index contributed by atoms with van der Waals surface area (Å²) in [6.07, 6.45) is 0.895. The van der Waals surface area contributed by atoms with E-state index in [1.807, 2.05) is 61.5 Å². The third kappa shape index (κ3) is 3.97. The Bertz CT molecular complexity index is 862. The van der Waals surface area contributed by atoms with E-state index in [1.54, 1.807) is 0 Å². The molecule has 0 atom stereocenters. The molecule has 0 unspecified atom stereocenters. The maximum Gasteiger partial charge on any atom is 0.268 e. The number of amides is 1. The summed E-state index contributed by atoms with van der Waals surface area (Å²) in [5, 5.41) is 3.27. The van der Waals surface area contributed by atoms with Crippen LogP contribution in [0, 0.1) is 0 Å². The van der Waals surface area contributed by atoms with Crippen molar-refractivity contribution >= 4 is 28.1 Å². The van der Waals surface area contributed by atoms with Crippen molar-refractivity contribution < 1.29 is 9.53 Å². The summed E-state index contributed by atoms with van der Waals surface area (Å²) in [6.45, 7) is 2.63. The van der Waals surface area contributed by atoms with E-state index in [1.165, 1.54) is 11.3 Å². The van der Waals surface area contributed by atoms with Gasteiger partial charge in [-0.15, -0.1) is 0 Å². The van der Waals surface area contributed by atoms with Crippen molar-refractivity contribution in [3.8, 4) is 17.0 Å². The lowest BCUT2D eigenvalue weighted by Gasteiger charge is -2.11. The Morgan fingerprint density at radius 2 is 1.88 bits per heavy atom. The van der Waals surface area contributed by atoms with E-state index in [0.29, 0.717) is 33.7 Å². The maximum atomic E-state index is 12.8. The monoisotopic (exact) mass is 353 g/mol. The highest BCUT2D eigenvalue weighted by Crippen LogP contribution is 2.31. The van der Waals surface area contributed by atoms with Gasteiger partial charge in [-0.2, -0.15) is 0 Å². The van der Waals surface area contributed by atoms with Crippen molar-refractivity contribution in [2.24, 2.45) is 0 Å². The van der Waals surface area contributed by atoms with Crippen LogP contribution in [0.3, 0.4) is 0 Å². The van der Waals surface area contributed by atoms with E-state index in [4.69, 9.17) is 10.5 Å². The first kappa shape index (κ1) is 17.0. The number of benzene rings is 2. The van der Waals surface area contributed by atoms with Crippen molar-refractivity contribution in [3.63, 3.8) is 0 Å². The number of nitrogens with zero attached hydrogens (tertiary/aromatic N) is 1. The molecule has 0 fully saturated rings. The Morgan fingerprint density at radius 3 is 2.64 bits per heavy atom. The van der Waals surface area contributed by atoms with Crippen molar-refractivity contribution in [2.45, 2.75) is 13.3 Å². The van der Waals surface area contributed by atoms with Gasteiger partial charge in [-0.3, -0.25) is 4.79 Å². The van der Waals surface area contributed by atoms with Gasteiger partial charge >= 0.3 is 0 Å². The number of nitrogens with one attached hydrogen (secondary N) is 1. The van der Waals surface area contributed by atoms with Gasteiger partial charge in [0.05, 0.1) is 18.0 Å². The van der Waals surface area contributed by atoms with E-state index in [2.05, 4.69) is 10.3 Å². The predicted octanol–water partition coefficient (Wildman–Crippen LogP) is 4.43. The summed E-state index contributed by atoms with van der Waals surface area (Å²) in [5.74, 6) is 0.400. The molecule has 3 aromatic rings. The molecule has 0 aliphatic carbocycles. The molecular formula is C19H19N3O2S. The largest absolute Gasteiger partial charge is 0.491 e. The van der Waals surface area contributed by atoms with Gasteiger partial charge in [0.1, 0.15) is 10.6 Å². The molecule has 0 bridgehead atoms. The van der Waals surface area contributed by atoms with Crippen LogP contribution in [0.4, 0.5) is 10.8 Å². The van der Waals surface area contributed by atoms with Gasteiger partial charge in [0, 0.05) is 5.56 Å². The van der Waals surface area contributed by atoms with Crippen molar-refractivity contribution in [2.75, 3.05) is 17.7 Å². The number of anilines is 2. The fourth-order valence-corrected chi connectivity index (χ4v) is 3.12. The molecule has 0 saturated heterocycles. The quantitative estimate of drug-likeness (QED) is 0.687. The van der Waals surface area contributed by atoms with Crippen LogP contribution in [-0.4, -0.2) is 17.5 Å². The lowest BCUT2D eigenvalue weighted by Crippen LogP contribution is -2.12. The smallest absolute Gasteiger partial charge is 0.268 e. The third-order valence-electron chi connectivity index (χ3n) is 3.49. The molecule has 128 valence electrons. The Labute approximate surface area is 150 Å². The topological polar surface area (TPSA) is 77.2 Å². The molecule has 25 heavy (non-hydrogen) atoms. The van der Waals surface area contributed by atoms with Gasteiger partial charge in [0.15, 0.2) is 5.13 Å². The van der Waals surface area contributed by atoms with E-state index in [-0.39, 0.29) is 5.91 Å². The minimum Gasteiger partial charge on any atom is -0.491 e. The number of ether oxygens (including phenoxy) is 1. The number of rotatable bonds is 6. The molecule has 2 aromatic carbocycles. The van der Waals surface area contributed by atoms with Gasteiger partial charge in [0.2, 0.25) is 0 Å². The second-order valence-corrected chi connectivity index (χ2v) is 6.43. The lowest BCUT2D eigenvalue weighted by molar-refractivity contribution is 0.103. The van der Waals surface area contributed by atoms with Crippen molar-refractivity contribution in [3.05, 3.63) is 59.5 Å². The molecule has 1 heterocycles. The summed E-state index contributed by atoms with van der Waals surface area (Å²) < 4.78 is 5.69. The first-order valence-electron chi connectivity index (χ1n) is 8.04. The average Bonchev–Trinajstić information content (AvgIpc) is 3.04. The lowest BCUT2D eigenvalue weighted by atomic mass is 10.1. The van der Waals surface area contributed by atoms with E-state index >= 15 is 0 Å². The molecule has 3 N–H and O–H groups in total. The van der Waals surface area contributed by atoms with Crippen LogP contribution in [0.2, 0.25) is 0 Å². The zero-order chi connectivity index (χ0) is 17.6. The Kier molecular flexibility index (Phi) is 5.30.